The van der Waals surface area contributed by atoms with Gasteiger partial charge in [-0.25, -0.2) is 0 Å². The Hall–Kier alpha value is -2.09. The second-order valence-electron chi connectivity index (χ2n) is 5.45. The van der Waals surface area contributed by atoms with Crippen LogP contribution in [-0.4, -0.2) is 18.9 Å². The van der Waals surface area contributed by atoms with Crippen LogP contribution in [0.3, 0.4) is 0 Å². The Labute approximate surface area is 120 Å². The Balaban J connectivity index is 1.81. The smallest absolute Gasteiger partial charge is 0.182 e. The molecule has 0 fully saturated rings. The summed E-state index contributed by atoms with van der Waals surface area (Å²) in [5.74, 6) is 0.199. The van der Waals surface area contributed by atoms with Crippen molar-refractivity contribution in [2.24, 2.45) is 0 Å². The molecule has 0 unspecified atom stereocenters. The fourth-order valence-electron chi connectivity index (χ4n) is 2.86. The molecule has 2 aromatic carbocycles. The number of benzene rings is 2. The van der Waals surface area contributed by atoms with Crippen LogP contribution in [0.5, 0.6) is 0 Å². The third kappa shape index (κ3) is 2.60. The van der Waals surface area contributed by atoms with Crippen molar-refractivity contribution < 1.29 is 4.79 Å². The quantitative estimate of drug-likeness (QED) is 0.790. The van der Waals surface area contributed by atoms with E-state index in [1.165, 1.54) is 11.3 Å². The molecule has 0 bridgehead atoms. The van der Waals surface area contributed by atoms with Gasteiger partial charge < -0.3 is 4.90 Å². The first-order chi connectivity index (χ1) is 9.74. The van der Waals surface area contributed by atoms with Crippen molar-refractivity contribution in [2.45, 2.75) is 19.8 Å². The molecule has 1 heterocycles. The van der Waals surface area contributed by atoms with Crippen molar-refractivity contribution in [3.05, 3.63) is 65.2 Å². The molecule has 0 N–H and O–H groups in total. The van der Waals surface area contributed by atoms with Gasteiger partial charge in [-0.05, 0) is 37.5 Å². The van der Waals surface area contributed by atoms with Crippen molar-refractivity contribution in [2.75, 3.05) is 18.0 Å². The van der Waals surface area contributed by atoms with Crippen molar-refractivity contribution in [1.29, 1.82) is 0 Å². The molecule has 3 rings (SSSR count). The first kappa shape index (κ1) is 12.9. The maximum atomic E-state index is 12.4. The standard InChI is InChI=1S/C18H19NO/c1-14-6-4-8-16(12-14)18(20)13-19-11-5-9-15-7-2-3-10-17(15)19/h2-4,6-8,10,12H,5,9,11,13H2,1H3. The van der Waals surface area contributed by atoms with E-state index >= 15 is 0 Å². The number of hydrogen-bond acceptors (Lipinski definition) is 2. The summed E-state index contributed by atoms with van der Waals surface area (Å²) < 4.78 is 0. The zero-order valence-electron chi connectivity index (χ0n) is 11.8. The Kier molecular flexibility index (Phi) is 3.55. The van der Waals surface area contributed by atoms with Gasteiger partial charge in [-0.1, -0.05) is 42.0 Å². The van der Waals surface area contributed by atoms with Gasteiger partial charge in [0.2, 0.25) is 0 Å². The number of rotatable bonds is 3. The number of fused-ring (bicyclic) bond motifs is 1. The summed E-state index contributed by atoms with van der Waals surface area (Å²) in [6.07, 6.45) is 2.24. The summed E-state index contributed by atoms with van der Waals surface area (Å²) in [4.78, 5) is 14.6. The number of nitrogens with zero attached hydrogens (tertiary/aromatic N) is 1. The van der Waals surface area contributed by atoms with E-state index in [1.807, 2.05) is 37.3 Å². The Morgan fingerprint density at radius 2 is 2.00 bits per heavy atom. The van der Waals surface area contributed by atoms with Crippen LogP contribution in [0.25, 0.3) is 0 Å². The highest BCUT2D eigenvalue weighted by Crippen LogP contribution is 2.26. The minimum atomic E-state index is 0.199. The van der Waals surface area contributed by atoms with Gasteiger partial charge in [-0.2, -0.15) is 0 Å². The van der Waals surface area contributed by atoms with Crippen LogP contribution in [0.2, 0.25) is 0 Å². The summed E-state index contributed by atoms with van der Waals surface area (Å²) in [6, 6.07) is 16.3. The van der Waals surface area contributed by atoms with E-state index in [9.17, 15) is 4.79 Å². The second-order valence-corrected chi connectivity index (χ2v) is 5.45. The van der Waals surface area contributed by atoms with Gasteiger partial charge in [0.05, 0.1) is 6.54 Å². The molecule has 0 aliphatic carbocycles. The molecular weight excluding hydrogens is 246 g/mol. The maximum Gasteiger partial charge on any atom is 0.182 e. The molecule has 2 aromatic rings. The number of Topliss-reactive ketones (excluding diaryl/α,β-unsaturated/α-hetero) is 1. The average Bonchev–Trinajstić information content (AvgIpc) is 2.47. The maximum absolute atomic E-state index is 12.4. The number of aryl methyl sites for hydroxylation is 2. The summed E-state index contributed by atoms with van der Waals surface area (Å²) in [6.45, 7) is 3.46. The molecule has 2 nitrogen and oxygen atoms in total. The molecule has 0 saturated carbocycles. The zero-order valence-corrected chi connectivity index (χ0v) is 11.8. The van der Waals surface area contributed by atoms with Crippen LogP contribution in [0.4, 0.5) is 5.69 Å². The molecule has 102 valence electrons. The lowest BCUT2D eigenvalue weighted by Gasteiger charge is -2.30. The molecule has 1 aliphatic rings. The van der Waals surface area contributed by atoms with Crippen molar-refractivity contribution >= 4 is 11.5 Å². The molecule has 0 amide bonds. The number of ketones is 1. The van der Waals surface area contributed by atoms with Crippen LogP contribution in [0.1, 0.15) is 27.9 Å². The lowest BCUT2D eigenvalue weighted by molar-refractivity contribution is 0.0998. The molecule has 0 aromatic heterocycles. The minimum absolute atomic E-state index is 0.199. The molecular formula is C18H19NO. The van der Waals surface area contributed by atoms with Gasteiger partial charge in [0, 0.05) is 17.8 Å². The van der Waals surface area contributed by atoms with E-state index in [2.05, 4.69) is 23.1 Å². The molecule has 0 saturated heterocycles. The Bertz CT molecular complexity index is 633. The highest BCUT2D eigenvalue weighted by Gasteiger charge is 2.19. The third-order valence-electron chi connectivity index (χ3n) is 3.88. The highest BCUT2D eigenvalue weighted by molar-refractivity contribution is 5.99. The van der Waals surface area contributed by atoms with E-state index in [-0.39, 0.29) is 5.78 Å². The van der Waals surface area contributed by atoms with Gasteiger partial charge >= 0.3 is 0 Å². The van der Waals surface area contributed by atoms with Crippen molar-refractivity contribution in [3.8, 4) is 0 Å². The van der Waals surface area contributed by atoms with Crippen LogP contribution in [0, 0.1) is 6.92 Å². The highest BCUT2D eigenvalue weighted by atomic mass is 16.1. The summed E-state index contributed by atoms with van der Waals surface area (Å²) in [5, 5.41) is 0. The van der Waals surface area contributed by atoms with Gasteiger partial charge in [-0.3, -0.25) is 4.79 Å². The monoisotopic (exact) mass is 265 g/mol. The number of carbonyl (C=O) groups is 1. The Morgan fingerprint density at radius 1 is 1.15 bits per heavy atom. The normalized spacial score (nSPS) is 13.9. The van der Waals surface area contributed by atoms with E-state index in [0.29, 0.717) is 6.54 Å². The molecule has 1 aliphatic heterocycles. The fraction of sp³-hybridized carbons (Fsp3) is 0.278. The van der Waals surface area contributed by atoms with Crippen LogP contribution < -0.4 is 4.90 Å². The van der Waals surface area contributed by atoms with Gasteiger partial charge in [-0.15, -0.1) is 0 Å². The SMILES string of the molecule is Cc1cccc(C(=O)CN2CCCc3ccccc32)c1. The lowest BCUT2D eigenvalue weighted by Crippen LogP contribution is -2.34. The van der Waals surface area contributed by atoms with E-state index in [4.69, 9.17) is 0 Å². The zero-order chi connectivity index (χ0) is 13.9. The van der Waals surface area contributed by atoms with Gasteiger partial charge in [0.15, 0.2) is 5.78 Å². The van der Waals surface area contributed by atoms with Crippen LogP contribution in [-0.2, 0) is 6.42 Å². The van der Waals surface area contributed by atoms with Crippen molar-refractivity contribution in [1.82, 2.24) is 0 Å². The molecule has 20 heavy (non-hydrogen) atoms. The number of anilines is 1. The predicted octanol–water partition coefficient (Wildman–Crippen LogP) is 3.63. The van der Waals surface area contributed by atoms with E-state index < -0.39 is 0 Å². The Morgan fingerprint density at radius 3 is 2.85 bits per heavy atom. The van der Waals surface area contributed by atoms with E-state index in [0.717, 1.165) is 30.5 Å². The van der Waals surface area contributed by atoms with E-state index in [1.54, 1.807) is 0 Å². The molecule has 2 heteroatoms. The van der Waals surface area contributed by atoms with Gasteiger partial charge in [0.1, 0.15) is 0 Å². The summed E-state index contributed by atoms with van der Waals surface area (Å²) in [5.41, 5.74) is 4.53. The number of carbonyl (C=O) groups excluding carboxylic acids is 1. The largest absolute Gasteiger partial charge is 0.364 e. The topological polar surface area (TPSA) is 20.3 Å². The fourth-order valence-corrected chi connectivity index (χ4v) is 2.86. The summed E-state index contributed by atoms with van der Waals surface area (Å²) >= 11 is 0. The van der Waals surface area contributed by atoms with Crippen molar-refractivity contribution in [3.63, 3.8) is 0 Å². The third-order valence-corrected chi connectivity index (χ3v) is 3.88. The number of hydrogen-bond donors (Lipinski definition) is 0. The molecule has 0 radical (unpaired) electrons. The minimum Gasteiger partial charge on any atom is -0.364 e. The number of para-hydroxylation sites is 1. The molecule has 0 atom stereocenters. The van der Waals surface area contributed by atoms with Crippen LogP contribution >= 0.6 is 0 Å². The predicted molar refractivity (Wildman–Crippen MR) is 82.5 cm³/mol. The van der Waals surface area contributed by atoms with Crippen LogP contribution in [0.15, 0.2) is 48.5 Å². The molecule has 0 spiro atoms. The second kappa shape index (κ2) is 5.49. The average molecular weight is 265 g/mol. The first-order valence-electron chi connectivity index (χ1n) is 7.17. The summed E-state index contributed by atoms with van der Waals surface area (Å²) in [7, 11) is 0. The van der Waals surface area contributed by atoms with Gasteiger partial charge in [0.25, 0.3) is 0 Å². The first-order valence-corrected chi connectivity index (χ1v) is 7.17. The lowest BCUT2D eigenvalue weighted by atomic mass is 10.0.